The summed E-state index contributed by atoms with van der Waals surface area (Å²) in [6, 6.07) is 13.7. The number of nitrogen functional groups attached to an aromatic ring is 2. The van der Waals surface area contributed by atoms with E-state index in [1.54, 1.807) is 62.4 Å². The first-order valence-corrected chi connectivity index (χ1v) is 9.89. The van der Waals surface area contributed by atoms with Gasteiger partial charge in [-0.2, -0.15) is 0 Å². The fourth-order valence-corrected chi connectivity index (χ4v) is 3.77. The maximum Gasteiger partial charge on any atom is 0.325 e. The molecule has 8 N–H and O–H groups in total. The monoisotopic (exact) mass is 396 g/mol. The normalized spacial score (nSPS) is 14.4. The van der Waals surface area contributed by atoms with Crippen molar-refractivity contribution in [1.82, 2.24) is 0 Å². The van der Waals surface area contributed by atoms with E-state index >= 15 is 0 Å². The SMILES string of the molecule is CC(CN)OS(Oc1ccc(N)cc1)(Oc1ccc(N)cc1)OC(C)CN. The Morgan fingerprint density at radius 1 is 0.704 bits per heavy atom. The molecule has 27 heavy (non-hydrogen) atoms. The second-order valence-corrected chi connectivity index (χ2v) is 7.53. The van der Waals surface area contributed by atoms with Gasteiger partial charge in [0.1, 0.15) is 11.5 Å². The largest absolute Gasteiger partial charge is 0.399 e. The van der Waals surface area contributed by atoms with Gasteiger partial charge in [-0.3, -0.25) is 0 Å². The average molecular weight is 397 g/mol. The molecule has 2 rings (SSSR count). The standard InChI is InChI=1S/C18H28N4O4S/c1-13(11-19)23-27(24-14(2)12-20,25-17-7-3-15(21)4-8-17)26-18-9-5-16(22)6-10-18/h3-10,13-14H,11-12,19-22H2,1-2H3. The van der Waals surface area contributed by atoms with Gasteiger partial charge in [0.05, 0.1) is 12.2 Å². The number of anilines is 2. The number of benzene rings is 2. The Morgan fingerprint density at radius 2 is 1.04 bits per heavy atom. The van der Waals surface area contributed by atoms with E-state index in [9.17, 15) is 0 Å². The lowest BCUT2D eigenvalue weighted by Gasteiger charge is -2.38. The van der Waals surface area contributed by atoms with Crippen LogP contribution in [-0.4, -0.2) is 25.3 Å². The maximum atomic E-state index is 6.06. The van der Waals surface area contributed by atoms with Gasteiger partial charge in [0.2, 0.25) is 0 Å². The van der Waals surface area contributed by atoms with Gasteiger partial charge < -0.3 is 31.3 Å². The van der Waals surface area contributed by atoms with Crippen LogP contribution in [0.5, 0.6) is 11.5 Å². The van der Waals surface area contributed by atoms with E-state index < -0.39 is 11.2 Å². The summed E-state index contributed by atoms with van der Waals surface area (Å²) in [6.07, 6.45) is -0.764. The van der Waals surface area contributed by atoms with Crippen LogP contribution in [0.3, 0.4) is 0 Å². The summed E-state index contributed by atoms with van der Waals surface area (Å²) in [5.41, 5.74) is 24.2. The molecule has 2 aromatic carbocycles. The molecule has 150 valence electrons. The molecule has 0 amide bonds. The first-order chi connectivity index (χ1) is 12.9. The molecule has 0 aromatic heterocycles. The summed E-state index contributed by atoms with van der Waals surface area (Å²) >= 11 is -2.99. The van der Waals surface area contributed by atoms with Crippen molar-refractivity contribution in [2.45, 2.75) is 26.1 Å². The van der Waals surface area contributed by atoms with E-state index in [0.29, 0.717) is 22.9 Å². The van der Waals surface area contributed by atoms with Gasteiger partial charge in [-0.05, 0) is 62.4 Å². The van der Waals surface area contributed by atoms with Crippen LogP contribution in [-0.2, 0) is 8.37 Å². The van der Waals surface area contributed by atoms with Crippen molar-refractivity contribution in [3.8, 4) is 11.5 Å². The highest BCUT2D eigenvalue weighted by molar-refractivity contribution is 8.18. The maximum absolute atomic E-state index is 6.06. The zero-order valence-electron chi connectivity index (χ0n) is 15.5. The average Bonchev–Trinajstić information content (AvgIpc) is 2.65. The van der Waals surface area contributed by atoms with Gasteiger partial charge in [-0.15, -0.1) is 0 Å². The van der Waals surface area contributed by atoms with Crippen LogP contribution in [0.15, 0.2) is 48.5 Å². The van der Waals surface area contributed by atoms with E-state index in [4.69, 9.17) is 39.7 Å². The molecular formula is C18H28N4O4S. The van der Waals surface area contributed by atoms with E-state index in [1.165, 1.54) is 0 Å². The quantitative estimate of drug-likeness (QED) is 0.449. The van der Waals surface area contributed by atoms with Crippen molar-refractivity contribution < 1.29 is 16.7 Å². The molecule has 8 nitrogen and oxygen atoms in total. The highest BCUT2D eigenvalue weighted by atomic mass is 32.3. The Hall–Kier alpha value is -2.17. The Bertz CT molecular complexity index is 638. The number of hydrogen-bond donors (Lipinski definition) is 4. The van der Waals surface area contributed by atoms with Gasteiger partial charge in [-0.1, -0.05) is 0 Å². The zero-order valence-corrected chi connectivity index (χ0v) is 16.4. The van der Waals surface area contributed by atoms with Crippen LogP contribution < -0.4 is 31.3 Å². The van der Waals surface area contributed by atoms with Gasteiger partial charge >= 0.3 is 11.2 Å². The molecule has 2 unspecified atom stereocenters. The third-order valence-corrected chi connectivity index (χ3v) is 5.31. The third-order valence-electron chi connectivity index (χ3n) is 3.38. The van der Waals surface area contributed by atoms with Crippen molar-refractivity contribution in [2.24, 2.45) is 11.5 Å². The zero-order chi connectivity index (χ0) is 19.9. The number of rotatable bonds is 10. The minimum Gasteiger partial charge on any atom is -0.399 e. The molecule has 0 fully saturated rings. The Morgan fingerprint density at radius 3 is 1.33 bits per heavy atom. The van der Waals surface area contributed by atoms with Crippen molar-refractivity contribution in [3.63, 3.8) is 0 Å². The lowest BCUT2D eigenvalue weighted by molar-refractivity contribution is 0.107. The highest BCUT2D eigenvalue weighted by Gasteiger charge is 2.37. The van der Waals surface area contributed by atoms with Crippen molar-refractivity contribution in [1.29, 1.82) is 0 Å². The van der Waals surface area contributed by atoms with Gasteiger partial charge in [0, 0.05) is 24.5 Å². The molecule has 0 aliphatic carbocycles. The smallest absolute Gasteiger partial charge is 0.325 e. The minimum atomic E-state index is -2.99. The molecule has 0 aliphatic rings. The van der Waals surface area contributed by atoms with E-state index in [-0.39, 0.29) is 25.3 Å². The molecule has 0 saturated heterocycles. The van der Waals surface area contributed by atoms with Crippen LogP contribution in [0.2, 0.25) is 0 Å². The van der Waals surface area contributed by atoms with Crippen molar-refractivity contribution >= 4 is 22.5 Å². The van der Waals surface area contributed by atoms with Crippen LogP contribution in [0.4, 0.5) is 11.4 Å². The predicted octanol–water partition coefficient (Wildman–Crippen LogP) is 2.50. The molecule has 2 aromatic rings. The number of hydrogen-bond acceptors (Lipinski definition) is 8. The van der Waals surface area contributed by atoms with Crippen LogP contribution in [0.25, 0.3) is 0 Å². The van der Waals surface area contributed by atoms with Crippen molar-refractivity contribution in [2.75, 3.05) is 24.6 Å². The first kappa shape index (κ1) is 21.1. The van der Waals surface area contributed by atoms with Crippen molar-refractivity contribution in [3.05, 3.63) is 48.5 Å². The fourth-order valence-electron chi connectivity index (χ4n) is 1.88. The van der Waals surface area contributed by atoms with E-state index in [0.717, 1.165) is 0 Å². The molecular weight excluding hydrogens is 368 g/mol. The molecule has 0 heterocycles. The predicted molar refractivity (Wildman–Crippen MR) is 110 cm³/mol. The molecule has 0 aliphatic heterocycles. The van der Waals surface area contributed by atoms with E-state index in [2.05, 4.69) is 0 Å². The molecule has 0 radical (unpaired) electrons. The fraction of sp³-hybridized carbons (Fsp3) is 0.333. The van der Waals surface area contributed by atoms with Crippen LogP contribution in [0.1, 0.15) is 13.8 Å². The molecule has 0 spiro atoms. The molecule has 0 bridgehead atoms. The summed E-state index contributed by atoms with van der Waals surface area (Å²) in [5.74, 6) is 0.950. The number of nitrogens with two attached hydrogens (primary N) is 4. The first-order valence-electron chi connectivity index (χ1n) is 8.55. The van der Waals surface area contributed by atoms with Gasteiger partial charge in [0.25, 0.3) is 0 Å². The lowest BCUT2D eigenvalue weighted by atomic mass is 10.3. The Labute approximate surface area is 161 Å². The summed E-state index contributed by atoms with van der Waals surface area (Å²) in [7, 11) is 0. The second-order valence-electron chi connectivity index (χ2n) is 6.00. The third kappa shape index (κ3) is 6.49. The molecule has 0 saturated carbocycles. The summed E-state index contributed by atoms with van der Waals surface area (Å²) < 4.78 is 24.1. The Kier molecular flexibility index (Phi) is 7.57. The summed E-state index contributed by atoms with van der Waals surface area (Å²) in [5, 5.41) is 0. The van der Waals surface area contributed by atoms with Gasteiger partial charge in [-0.25, -0.2) is 8.37 Å². The highest BCUT2D eigenvalue weighted by Crippen LogP contribution is 2.54. The topological polar surface area (TPSA) is 141 Å². The van der Waals surface area contributed by atoms with Gasteiger partial charge in [0.15, 0.2) is 0 Å². The van der Waals surface area contributed by atoms with Crippen LogP contribution in [0, 0.1) is 0 Å². The van der Waals surface area contributed by atoms with E-state index in [1.807, 2.05) is 0 Å². The molecule has 2 atom stereocenters. The van der Waals surface area contributed by atoms with Crippen LogP contribution >= 0.6 is 11.2 Å². The summed E-state index contributed by atoms with van der Waals surface area (Å²) in [4.78, 5) is 0. The Balaban J connectivity index is 2.38. The second kappa shape index (κ2) is 9.67. The summed E-state index contributed by atoms with van der Waals surface area (Å²) in [6.45, 7) is 4.12. The minimum absolute atomic E-state index is 0.255. The lowest BCUT2D eigenvalue weighted by Crippen LogP contribution is -2.33. The molecule has 9 heteroatoms.